The Morgan fingerprint density at radius 1 is 1.25 bits per heavy atom. The van der Waals surface area contributed by atoms with Gasteiger partial charge < -0.3 is 10.2 Å². The van der Waals surface area contributed by atoms with Crippen molar-refractivity contribution in [2.24, 2.45) is 5.84 Å². The van der Waals surface area contributed by atoms with Gasteiger partial charge in [0.1, 0.15) is 12.1 Å². The van der Waals surface area contributed by atoms with Crippen molar-refractivity contribution in [2.45, 2.75) is 39.0 Å². The minimum Gasteiger partial charge on any atom is -0.478 e. The molecular formula is C11H20N4O. The summed E-state index contributed by atoms with van der Waals surface area (Å²) in [6.45, 7) is 2.91. The monoisotopic (exact) mass is 224 g/mol. The number of unbranched alkanes of at least 4 members (excludes halogenated alkanes) is 4. The standard InChI is InChI=1S/C11H20N4O/c1-2-3-4-5-6-7-16-11-8-10(15-12)13-9-14-11/h8-9H,2-7,12H2,1H3,(H,13,14,15). The Labute approximate surface area is 96.4 Å². The Morgan fingerprint density at radius 3 is 2.81 bits per heavy atom. The number of nitrogen functional groups attached to an aromatic ring is 1. The molecule has 0 bridgehead atoms. The van der Waals surface area contributed by atoms with Crippen LogP contribution in [0.5, 0.6) is 5.88 Å². The van der Waals surface area contributed by atoms with E-state index in [2.05, 4.69) is 22.3 Å². The van der Waals surface area contributed by atoms with Gasteiger partial charge >= 0.3 is 0 Å². The van der Waals surface area contributed by atoms with E-state index in [0.717, 1.165) is 6.42 Å². The number of aromatic nitrogens is 2. The van der Waals surface area contributed by atoms with E-state index >= 15 is 0 Å². The van der Waals surface area contributed by atoms with Crippen LogP contribution in [0.2, 0.25) is 0 Å². The lowest BCUT2D eigenvalue weighted by atomic mass is 10.2. The zero-order chi connectivity index (χ0) is 11.6. The summed E-state index contributed by atoms with van der Waals surface area (Å²) in [6.07, 6.45) is 7.55. The van der Waals surface area contributed by atoms with Gasteiger partial charge in [-0.25, -0.2) is 15.8 Å². The lowest BCUT2D eigenvalue weighted by Gasteiger charge is -2.05. The normalized spacial score (nSPS) is 10.1. The molecule has 5 nitrogen and oxygen atoms in total. The van der Waals surface area contributed by atoms with Gasteiger partial charge in [0.2, 0.25) is 5.88 Å². The molecule has 1 heterocycles. The predicted octanol–water partition coefficient (Wildman–Crippen LogP) is 2.11. The molecule has 0 aliphatic rings. The number of rotatable bonds is 8. The zero-order valence-corrected chi connectivity index (χ0v) is 9.78. The molecule has 0 amide bonds. The molecule has 5 heteroatoms. The van der Waals surface area contributed by atoms with E-state index in [1.54, 1.807) is 6.07 Å². The molecule has 0 saturated heterocycles. The summed E-state index contributed by atoms with van der Waals surface area (Å²) in [5.41, 5.74) is 2.45. The van der Waals surface area contributed by atoms with Crippen LogP contribution in [-0.4, -0.2) is 16.6 Å². The second kappa shape index (κ2) is 7.87. The molecule has 0 spiro atoms. The Balaban J connectivity index is 2.16. The zero-order valence-electron chi connectivity index (χ0n) is 9.78. The van der Waals surface area contributed by atoms with Gasteiger partial charge in [-0.15, -0.1) is 0 Å². The second-order valence-corrected chi connectivity index (χ2v) is 3.65. The predicted molar refractivity (Wildman–Crippen MR) is 64.1 cm³/mol. The first-order valence-electron chi connectivity index (χ1n) is 5.78. The summed E-state index contributed by atoms with van der Waals surface area (Å²) in [6, 6.07) is 1.69. The van der Waals surface area contributed by atoms with E-state index in [4.69, 9.17) is 10.6 Å². The first kappa shape index (κ1) is 12.7. The van der Waals surface area contributed by atoms with Gasteiger partial charge in [-0.2, -0.15) is 0 Å². The first-order valence-corrected chi connectivity index (χ1v) is 5.78. The number of nitrogens with one attached hydrogen (secondary N) is 1. The Kier molecular flexibility index (Phi) is 6.25. The van der Waals surface area contributed by atoms with Gasteiger partial charge in [0.05, 0.1) is 6.61 Å². The van der Waals surface area contributed by atoms with Crippen LogP contribution in [0.4, 0.5) is 5.82 Å². The topological polar surface area (TPSA) is 73.1 Å². The maximum absolute atomic E-state index is 5.48. The van der Waals surface area contributed by atoms with Crippen molar-refractivity contribution < 1.29 is 4.74 Å². The summed E-state index contributed by atoms with van der Waals surface area (Å²) in [7, 11) is 0. The summed E-state index contributed by atoms with van der Waals surface area (Å²) < 4.78 is 5.48. The third kappa shape index (κ3) is 4.93. The molecule has 0 fully saturated rings. The van der Waals surface area contributed by atoms with Crippen LogP contribution in [-0.2, 0) is 0 Å². The van der Waals surface area contributed by atoms with Crippen LogP contribution in [0.25, 0.3) is 0 Å². The van der Waals surface area contributed by atoms with Crippen molar-refractivity contribution in [1.29, 1.82) is 0 Å². The van der Waals surface area contributed by atoms with Crippen LogP contribution >= 0.6 is 0 Å². The van der Waals surface area contributed by atoms with Crippen molar-refractivity contribution >= 4 is 5.82 Å². The second-order valence-electron chi connectivity index (χ2n) is 3.65. The average Bonchev–Trinajstić information content (AvgIpc) is 2.34. The average molecular weight is 224 g/mol. The van der Waals surface area contributed by atoms with Gasteiger partial charge in [0.25, 0.3) is 0 Å². The molecule has 3 N–H and O–H groups in total. The SMILES string of the molecule is CCCCCCCOc1cc(NN)ncn1. The molecule has 1 aromatic heterocycles. The molecule has 0 unspecified atom stereocenters. The highest BCUT2D eigenvalue weighted by molar-refractivity contribution is 5.35. The van der Waals surface area contributed by atoms with Gasteiger partial charge in [0, 0.05) is 6.07 Å². The maximum atomic E-state index is 5.48. The van der Waals surface area contributed by atoms with Crippen LogP contribution < -0.4 is 16.0 Å². The highest BCUT2D eigenvalue weighted by Crippen LogP contribution is 2.10. The fourth-order valence-electron chi connectivity index (χ4n) is 1.38. The van der Waals surface area contributed by atoms with E-state index in [9.17, 15) is 0 Å². The van der Waals surface area contributed by atoms with Gasteiger partial charge in [-0.05, 0) is 6.42 Å². The first-order chi connectivity index (χ1) is 7.86. The molecule has 0 radical (unpaired) electrons. The Bertz CT molecular complexity index is 293. The third-order valence-electron chi connectivity index (χ3n) is 2.29. The molecule has 0 atom stereocenters. The molecule has 1 rings (SSSR count). The number of anilines is 1. The molecule has 1 aromatic rings. The fourth-order valence-corrected chi connectivity index (χ4v) is 1.38. The van der Waals surface area contributed by atoms with Gasteiger partial charge in [0.15, 0.2) is 0 Å². The lowest BCUT2D eigenvalue weighted by Crippen LogP contribution is -2.09. The van der Waals surface area contributed by atoms with E-state index in [1.165, 1.54) is 32.0 Å². The van der Waals surface area contributed by atoms with E-state index < -0.39 is 0 Å². The van der Waals surface area contributed by atoms with E-state index in [0.29, 0.717) is 18.3 Å². The Morgan fingerprint density at radius 2 is 2.06 bits per heavy atom. The van der Waals surface area contributed by atoms with E-state index in [-0.39, 0.29) is 0 Å². The summed E-state index contributed by atoms with van der Waals surface area (Å²) in [5.74, 6) is 6.37. The lowest BCUT2D eigenvalue weighted by molar-refractivity contribution is 0.293. The highest BCUT2D eigenvalue weighted by atomic mass is 16.5. The number of nitrogens with two attached hydrogens (primary N) is 1. The van der Waals surface area contributed by atoms with Crippen LogP contribution in [0.3, 0.4) is 0 Å². The third-order valence-corrected chi connectivity index (χ3v) is 2.29. The Hall–Kier alpha value is -1.36. The van der Waals surface area contributed by atoms with E-state index in [1.807, 2.05) is 0 Å². The van der Waals surface area contributed by atoms with Crippen molar-refractivity contribution in [3.8, 4) is 5.88 Å². The number of hydrazine groups is 1. The largest absolute Gasteiger partial charge is 0.478 e. The molecule has 16 heavy (non-hydrogen) atoms. The molecule has 0 aliphatic carbocycles. The molecule has 90 valence electrons. The number of hydrogen-bond donors (Lipinski definition) is 2. The molecule has 0 aromatic carbocycles. The molecule has 0 saturated carbocycles. The number of nitrogens with zero attached hydrogens (tertiary/aromatic N) is 2. The summed E-state index contributed by atoms with van der Waals surface area (Å²) in [5, 5.41) is 0. The van der Waals surface area contributed by atoms with Crippen molar-refractivity contribution in [2.75, 3.05) is 12.0 Å². The smallest absolute Gasteiger partial charge is 0.218 e. The minimum absolute atomic E-state index is 0.566. The maximum Gasteiger partial charge on any atom is 0.218 e. The van der Waals surface area contributed by atoms with Crippen molar-refractivity contribution in [3.63, 3.8) is 0 Å². The van der Waals surface area contributed by atoms with Crippen molar-refractivity contribution in [3.05, 3.63) is 12.4 Å². The summed E-state index contributed by atoms with van der Waals surface area (Å²) >= 11 is 0. The highest BCUT2D eigenvalue weighted by Gasteiger charge is 1.97. The molecule has 0 aliphatic heterocycles. The van der Waals surface area contributed by atoms with Crippen LogP contribution in [0, 0.1) is 0 Å². The number of hydrogen-bond acceptors (Lipinski definition) is 5. The van der Waals surface area contributed by atoms with Crippen LogP contribution in [0.15, 0.2) is 12.4 Å². The van der Waals surface area contributed by atoms with Crippen LogP contribution in [0.1, 0.15) is 39.0 Å². The fraction of sp³-hybridized carbons (Fsp3) is 0.636. The van der Waals surface area contributed by atoms with Gasteiger partial charge in [-0.1, -0.05) is 32.6 Å². The minimum atomic E-state index is 0.566. The number of ether oxygens (including phenoxy) is 1. The summed E-state index contributed by atoms with van der Waals surface area (Å²) in [4.78, 5) is 7.89. The van der Waals surface area contributed by atoms with Crippen molar-refractivity contribution in [1.82, 2.24) is 9.97 Å². The molecular weight excluding hydrogens is 204 g/mol. The quantitative estimate of drug-likeness (QED) is 0.402. The van der Waals surface area contributed by atoms with Gasteiger partial charge in [-0.3, -0.25) is 0 Å².